The lowest BCUT2D eigenvalue weighted by molar-refractivity contribution is -0.138. The summed E-state index contributed by atoms with van der Waals surface area (Å²) in [5, 5.41) is 8.48. The number of aryl methyl sites for hydroxylation is 1. The first-order chi connectivity index (χ1) is 7.41. The molecule has 0 radical (unpaired) electrons. The lowest BCUT2D eigenvalue weighted by Crippen LogP contribution is -2.30. The number of carboxylic acid groups (broad SMARTS) is 1. The van der Waals surface area contributed by atoms with Gasteiger partial charge in [-0.2, -0.15) is 0 Å². The van der Waals surface area contributed by atoms with Crippen LogP contribution in [0.3, 0.4) is 0 Å². The first kappa shape index (κ1) is 12.5. The van der Waals surface area contributed by atoms with Crippen LogP contribution in [0.2, 0.25) is 0 Å². The van der Waals surface area contributed by atoms with Crippen molar-refractivity contribution in [2.45, 2.75) is 18.9 Å². The minimum Gasteiger partial charge on any atom is -0.480 e. The molecule has 1 aromatic rings. The van der Waals surface area contributed by atoms with Gasteiger partial charge in [-0.1, -0.05) is 0 Å². The molecule has 1 aromatic carbocycles. The molecule has 0 aromatic heterocycles. The van der Waals surface area contributed by atoms with Gasteiger partial charge in [-0.25, -0.2) is 13.2 Å². The molecule has 0 aliphatic carbocycles. The molecule has 0 aliphatic rings. The highest BCUT2D eigenvalue weighted by atomic mass is 19.2. The third kappa shape index (κ3) is 2.96. The average Bonchev–Trinajstić information content (AvgIpc) is 2.20. The van der Waals surface area contributed by atoms with Gasteiger partial charge in [0.05, 0.1) is 0 Å². The molecule has 0 aliphatic heterocycles. The van der Waals surface area contributed by atoms with Gasteiger partial charge in [-0.15, -0.1) is 0 Å². The van der Waals surface area contributed by atoms with Gasteiger partial charge in [0.15, 0.2) is 11.6 Å². The Hall–Kier alpha value is -1.56. The number of carboxylic acids is 1. The van der Waals surface area contributed by atoms with Crippen LogP contribution in [0.15, 0.2) is 12.1 Å². The van der Waals surface area contributed by atoms with E-state index in [1.54, 1.807) is 0 Å². The van der Waals surface area contributed by atoms with Crippen LogP contribution in [0.1, 0.15) is 12.0 Å². The Bertz CT molecular complexity index is 409. The van der Waals surface area contributed by atoms with E-state index in [1.807, 2.05) is 0 Å². The summed E-state index contributed by atoms with van der Waals surface area (Å²) in [7, 11) is 0. The summed E-state index contributed by atoms with van der Waals surface area (Å²) in [5.41, 5.74) is 5.11. The Balaban J connectivity index is 2.74. The molecular formula is C10H10F3NO2. The van der Waals surface area contributed by atoms with Gasteiger partial charge in [-0.3, -0.25) is 4.79 Å². The molecule has 3 N–H and O–H groups in total. The van der Waals surface area contributed by atoms with E-state index in [2.05, 4.69) is 0 Å². The molecule has 0 fully saturated rings. The minimum atomic E-state index is -1.27. The zero-order chi connectivity index (χ0) is 12.3. The van der Waals surface area contributed by atoms with Crippen molar-refractivity contribution >= 4 is 5.97 Å². The van der Waals surface area contributed by atoms with Crippen LogP contribution in [0, 0.1) is 17.5 Å². The van der Waals surface area contributed by atoms with Crippen LogP contribution in [0.5, 0.6) is 0 Å². The van der Waals surface area contributed by atoms with E-state index in [4.69, 9.17) is 10.8 Å². The van der Waals surface area contributed by atoms with E-state index in [9.17, 15) is 18.0 Å². The number of carbonyl (C=O) groups is 1. The number of rotatable bonds is 4. The molecule has 0 amide bonds. The van der Waals surface area contributed by atoms with Crippen LogP contribution < -0.4 is 5.73 Å². The maximum absolute atomic E-state index is 13.1. The van der Waals surface area contributed by atoms with Crippen molar-refractivity contribution in [1.29, 1.82) is 0 Å². The number of hydrogen-bond acceptors (Lipinski definition) is 2. The molecule has 1 rings (SSSR count). The van der Waals surface area contributed by atoms with Crippen LogP contribution in [-0.4, -0.2) is 17.1 Å². The number of hydrogen-bond donors (Lipinski definition) is 2. The number of halogens is 3. The normalized spacial score (nSPS) is 12.5. The van der Waals surface area contributed by atoms with Crippen molar-refractivity contribution in [2.24, 2.45) is 5.73 Å². The monoisotopic (exact) mass is 233 g/mol. The number of nitrogens with two attached hydrogens (primary N) is 1. The van der Waals surface area contributed by atoms with Crippen molar-refractivity contribution in [2.75, 3.05) is 0 Å². The van der Waals surface area contributed by atoms with Crippen molar-refractivity contribution < 1.29 is 23.1 Å². The molecule has 16 heavy (non-hydrogen) atoms. The summed E-state index contributed by atoms with van der Waals surface area (Å²) >= 11 is 0. The van der Waals surface area contributed by atoms with Gasteiger partial charge < -0.3 is 10.8 Å². The first-order valence-corrected chi connectivity index (χ1v) is 4.53. The predicted octanol–water partition coefficient (Wildman–Crippen LogP) is 1.45. The van der Waals surface area contributed by atoms with Gasteiger partial charge in [0.1, 0.15) is 11.9 Å². The van der Waals surface area contributed by atoms with Crippen LogP contribution in [0.25, 0.3) is 0 Å². The molecule has 6 heteroatoms. The Labute approximate surface area is 89.7 Å². The fourth-order valence-corrected chi connectivity index (χ4v) is 1.19. The van der Waals surface area contributed by atoms with Crippen molar-refractivity contribution in [3.8, 4) is 0 Å². The molecule has 1 atom stereocenters. The van der Waals surface area contributed by atoms with Gasteiger partial charge >= 0.3 is 5.97 Å². The molecule has 1 unspecified atom stereocenters. The zero-order valence-corrected chi connectivity index (χ0v) is 8.21. The SMILES string of the molecule is NC(CCc1cc(F)c(F)cc1F)C(=O)O. The third-order valence-electron chi connectivity index (χ3n) is 2.13. The summed E-state index contributed by atoms with van der Waals surface area (Å²) in [6, 6.07) is -0.0107. The Morgan fingerprint density at radius 2 is 1.81 bits per heavy atom. The van der Waals surface area contributed by atoms with Crippen LogP contribution in [-0.2, 0) is 11.2 Å². The average molecular weight is 233 g/mol. The lowest BCUT2D eigenvalue weighted by atomic mass is 10.0. The Morgan fingerprint density at radius 1 is 1.25 bits per heavy atom. The minimum absolute atomic E-state index is 0.0443. The maximum Gasteiger partial charge on any atom is 0.320 e. The Kier molecular flexibility index (Phi) is 3.89. The number of benzene rings is 1. The van der Waals surface area contributed by atoms with E-state index >= 15 is 0 Å². The second-order valence-electron chi connectivity index (χ2n) is 3.34. The lowest BCUT2D eigenvalue weighted by Gasteiger charge is -2.07. The highest BCUT2D eigenvalue weighted by Crippen LogP contribution is 2.15. The molecule has 0 saturated carbocycles. The van der Waals surface area contributed by atoms with E-state index in [0.717, 1.165) is 0 Å². The number of aliphatic carboxylic acids is 1. The molecule has 0 spiro atoms. The van der Waals surface area contributed by atoms with E-state index in [0.29, 0.717) is 12.1 Å². The fourth-order valence-electron chi connectivity index (χ4n) is 1.19. The second kappa shape index (κ2) is 4.98. The van der Waals surface area contributed by atoms with Gasteiger partial charge in [0, 0.05) is 6.07 Å². The molecular weight excluding hydrogens is 223 g/mol. The summed E-state index contributed by atoms with van der Waals surface area (Å²) in [5.74, 6) is -4.57. The standard InChI is InChI=1S/C10H10F3NO2/c11-6-4-8(13)7(12)3-5(6)1-2-9(14)10(15)16/h3-4,9H,1-2,14H2,(H,15,16). The van der Waals surface area contributed by atoms with Gasteiger partial charge in [0.2, 0.25) is 0 Å². The van der Waals surface area contributed by atoms with E-state index in [1.165, 1.54) is 0 Å². The molecule has 0 saturated heterocycles. The van der Waals surface area contributed by atoms with Crippen molar-refractivity contribution in [1.82, 2.24) is 0 Å². The molecule has 88 valence electrons. The van der Waals surface area contributed by atoms with Gasteiger partial charge in [-0.05, 0) is 24.5 Å². The fraction of sp³-hybridized carbons (Fsp3) is 0.300. The smallest absolute Gasteiger partial charge is 0.320 e. The molecule has 0 bridgehead atoms. The quantitative estimate of drug-likeness (QED) is 0.773. The van der Waals surface area contributed by atoms with Crippen molar-refractivity contribution in [3.63, 3.8) is 0 Å². The highest BCUT2D eigenvalue weighted by Gasteiger charge is 2.14. The highest BCUT2D eigenvalue weighted by molar-refractivity contribution is 5.73. The third-order valence-corrected chi connectivity index (χ3v) is 2.13. The zero-order valence-electron chi connectivity index (χ0n) is 8.21. The van der Waals surface area contributed by atoms with Crippen LogP contribution >= 0.6 is 0 Å². The van der Waals surface area contributed by atoms with E-state index < -0.39 is 29.5 Å². The predicted molar refractivity (Wildman–Crippen MR) is 50.2 cm³/mol. The first-order valence-electron chi connectivity index (χ1n) is 4.53. The molecule has 3 nitrogen and oxygen atoms in total. The van der Waals surface area contributed by atoms with Gasteiger partial charge in [0.25, 0.3) is 0 Å². The van der Waals surface area contributed by atoms with Crippen LogP contribution in [0.4, 0.5) is 13.2 Å². The summed E-state index contributed by atoms with van der Waals surface area (Å²) in [6.07, 6.45) is -0.103. The summed E-state index contributed by atoms with van der Waals surface area (Å²) < 4.78 is 38.4. The second-order valence-corrected chi connectivity index (χ2v) is 3.34. The Morgan fingerprint density at radius 3 is 2.38 bits per heavy atom. The largest absolute Gasteiger partial charge is 0.480 e. The maximum atomic E-state index is 13.1. The van der Waals surface area contributed by atoms with Crippen molar-refractivity contribution in [3.05, 3.63) is 35.1 Å². The van der Waals surface area contributed by atoms with E-state index in [-0.39, 0.29) is 18.4 Å². The summed E-state index contributed by atoms with van der Waals surface area (Å²) in [6.45, 7) is 0. The molecule has 0 heterocycles. The topological polar surface area (TPSA) is 63.3 Å². The summed E-state index contributed by atoms with van der Waals surface area (Å²) in [4.78, 5) is 10.4.